The fourth-order valence-electron chi connectivity index (χ4n) is 0. The van der Waals surface area contributed by atoms with Gasteiger partial charge in [0.2, 0.25) is 0 Å². The molecule has 0 fully saturated rings. The summed E-state index contributed by atoms with van der Waals surface area (Å²) in [4.78, 5) is 0. The molecule has 0 saturated heterocycles. The van der Waals surface area contributed by atoms with Gasteiger partial charge in [0.25, 0.3) is 0 Å². The van der Waals surface area contributed by atoms with Crippen molar-refractivity contribution in [3.63, 3.8) is 0 Å². The zero-order valence-electron chi connectivity index (χ0n) is 5.85. The van der Waals surface area contributed by atoms with Gasteiger partial charge >= 0.3 is 17.1 Å². The Bertz CT molecular complexity index is 52.9. The molecule has 0 aliphatic heterocycles. The molecule has 0 rings (SSSR count). The molecule has 0 aliphatic carbocycles. The van der Waals surface area contributed by atoms with E-state index < -0.39 is 0 Å². The summed E-state index contributed by atoms with van der Waals surface area (Å²) in [6, 6.07) is 0. The first-order valence-electron chi connectivity index (χ1n) is 2.63. The Balaban J connectivity index is -0.0000000720. The van der Waals surface area contributed by atoms with Gasteiger partial charge in [-0.3, -0.25) is 0 Å². The molecule has 0 amide bonds. The topological polar surface area (TPSA) is 26.0 Å². The SMILES string of the molecule is CCCC.NC(=S)S.[SeH2]. The van der Waals surface area contributed by atoms with Gasteiger partial charge in [-0.2, -0.15) is 0 Å². The fourth-order valence-corrected chi connectivity index (χ4v) is 0. The Morgan fingerprint density at radius 2 is 1.56 bits per heavy atom. The summed E-state index contributed by atoms with van der Waals surface area (Å²) in [5, 5.41) is 0. The van der Waals surface area contributed by atoms with Crippen LogP contribution >= 0.6 is 24.8 Å². The molecule has 0 radical (unpaired) electrons. The van der Waals surface area contributed by atoms with Crippen LogP contribution in [-0.4, -0.2) is 21.4 Å². The molecule has 1 nitrogen and oxygen atoms in total. The molecule has 9 heavy (non-hydrogen) atoms. The Kier molecular flexibility index (Phi) is 29.0. The Morgan fingerprint density at radius 1 is 1.44 bits per heavy atom. The zero-order valence-corrected chi connectivity index (χ0v) is 9.66. The summed E-state index contributed by atoms with van der Waals surface area (Å²) in [6.45, 7) is 4.36. The van der Waals surface area contributed by atoms with E-state index in [1.807, 2.05) is 0 Å². The number of thiocarbonyl (C=S) groups is 1. The van der Waals surface area contributed by atoms with Crippen molar-refractivity contribution in [2.24, 2.45) is 5.73 Å². The molecule has 0 aromatic heterocycles. The quantitative estimate of drug-likeness (QED) is 0.401. The van der Waals surface area contributed by atoms with Gasteiger partial charge in [-0.15, -0.1) is 12.6 Å². The molecule has 0 aliphatic rings. The van der Waals surface area contributed by atoms with E-state index in [2.05, 4.69) is 38.7 Å². The van der Waals surface area contributed by atoms with Gasteiger partial charge < -0.3 is 5.73 Å². The Morgan fingerprint density at radius 3 is 1.56 bits per heavy atom. The van der Waals surface area contributed by atoms with Crippen LogP contribution in [0.1, 0.15) is 26.7 Å². The van der Waals surface area contributed by atoms with Crippen molar-refractivity contribution in [2.45, 2.75) is 26.7 Å². The normalized spacial score (nSPS) is 6.11. The molecule has 0 aromatic carbocycles. The molecule has 0 aromatic rings. The van der Waals surface area contributed by atoms with Crippen LogP contribution in [0.4, 0.5) is 0 Å². The van der Waals surface area contributed by atoms with Crippen molar-refractivity contribution in [1.82, 2.24) is 0 Å². The summed E-state index contributed by atoms with van der Waals surface area (Å²) in [5.74, 6) is 0. The third-order valence-corrected chi connectivity index (χ3v) is 0.500. The van der Waals surface area contributed by atoms with Crippen LogP contribution in [0, 0.1) is 0 Å². The van der Waals surface area contributed by atoms with Crippen molar-refractivity contribution in [1.29, 1.82) is 0 Å². The van der Waals surface area contributed by atoms with Crippen LogP contribution < -0.4 is 5.73 Å². The molecular weight excluding hydrogens is 217 g/mol. The fraction of sp³-hybridized carbons (Fsp3) is 0.800. The first-order chi connectivity index (χ1) is 3.65. The molecule has 0 spiro atoms. The van der Waals surface area contributed by atoms with E-state index in [0.717, 1.165) is 0 Å². The van der Waals surface area contributed by atoms with Gasteiger partial charge in [0, 0.05) is 0 Å². The third-order valence-electron chi connectivity index (χ3n) is 0.500. The summed E-state index contributed by atoms with van der Waals surface area (Å²) in [6.07, 6.45) is 2.64. The summed E-state index contributed by atoms with van der Waals surface area (Å²) in [5.41, 5.74) is 4.71. The first-order valence-corrected chi connectivity index (χ1v) is 3.49. The van der Waals surface area contributed by atoms with Crippen LogP contribution in [0.2, 0.25) is 0 Å². The average Bonchev–Trinajstić information content (AvgIpc) is 1.65. The molecule has 0 atom stereocenters. The number of hydrogen-bond donors (Lipinski definition) is 2. The van der Waals surface area contributed by atoms with E-state index in [0.29, 0.717) is 0 Å². The van der Waals surface area contributed by atoms with Gasteiger partial charge in [0.05, 0.1) is 0 Å². The second-order valence-electron chi connectivity index (χ2n) is 1.34. The molecule has 58 valence electrons. The minimum atomic E-state index is 0. The summed E-state index contributed by atoms with van der Waals surface area (Å²) >= 11 is 7.65. The number of rotatable bonds is 1. The van der Waals surface area contributed by atoms with Crippen molar-refractivity contribution in [3.05, 3.63) is 0 Å². The zero-order chi connectivity index (χ0) is 6.99. The first kappa shape index (κ1) is 16.4. The molecule has 0 unspecified atom stereocenters. The average molecular weight is 232 g/mol. The minimum absolute atomic E-state index is 0. The Hall–Kier alpha value is 0.759. The summed E-state index contributed by atoms with van der Waals surface area (Å²) < 4.78 is 0.194. The predicted octanol–water partition coefficient (Wildman–Crippen LogP) is 1.05. The van der Waals surface area contributed by atoms with E-state index in [9.17, 15) is 0 Å². The van der Waals surface area contributed by atoms with Crippen molar-refractivity contribution >= 4 is 46.2 Å². The van der Waals surface area contributed by atoms with Gasteiger partial charge in [0.1, 0.15) is 4.32 Å². The van der Waals surface area contributed by atoms with E-state index in [-0.39, 0.29) is 21.4 Å². The molecule has 0 heterocycles. The maximum atomic E-state index is 4.71. The number of nitrogens with two attached hydrogens (primary N) is 1. The van der Waals surface area contributed by atoms with Crippen molar-refractivity contribution in [2.75, 3.05) is 0 Å². The van der Waals surface area contributed by atoms with Crippen LogP contribution in [0.5, 0.6) is 0 Å². The molecule has 4 heteroatoms. The van der Waals surface area contributed by atoms with Gasteiger partial charge in [-0.25, -0.2) is 0 Å². The van der Waals surface area contributed by atoms with Gasteiger partial charge in [-0.1, -0.05) is 38.9 Å². The van der Waals surface area contributed by atoms with Gasteiger partial charge in [-0.05, 0) is 0 Å². The molecule has 0 bridgehead atoms. The monoisotopic (exact) mass is 233 g/mol. The second kappa shape index (κ2) is 15.9. The number of unbranched alkanes of at least 4 members (excludes halogenated alkanes) is 1. The third kappa shape index (κ3) is 129. The van der Waals surface area contributed by atoms with Crippen LogP contribution in [0.25, 0.3) is 0 Å². The molecular formula is C5H15NS2Se. The van der Waals surface area contributed by atoms with E-state index in [1.165, 1.54) is 12.8 Å². The van der Waals surface area contributed by atoms with Gasteiger partial charge in [0.15, 0.2) is 0 Å². The van der Waals surface area contributed by atoms with E-state index in [1.54, 1.807) is 0 Å². The van der Waals surface area contributed by atoms with Crippen LogP contribution in [0.15, 0.2) is 0 Å². The van der Waals surface area contributed by atoms with Crippen LogP contribution in [0.3, 0.4) is 0 Å². The summed E-state index contributed by atoms with van der Waals surface area (Å²) in [7, 11) is 0. The van der Waals surface area contributed by atoms with Crippen molar-refractivity contribution in [3.8, 4) is 0 Å². The maximum absolute atomic E-state index is 4.71. The number of hydrogen-bond acceptors (Lipinski definition) is 1. The van der Waals surface area contributed by atoms with E-state index in [4.69, 9.17) is 5.73 Å². The van der Waals surface area contributed by atoms with Crippen LogP contribution in [-0.2, 0) is 0 Å². The van der Waals surface area contributed by atoms with E-state index >= 15 is 0 Å². The second-order valence-corrected chi connectivity index (χ2v) is 2.56. The predicted molar refractivity (Wildman–Crippen MR) is 54.9 cm³/mol. The van der Waals surface area contributed by atoms with Crippen molar-refractivity contribution < 1.29 is 0 Å². The Labute approximate surface area is 78.7 Å². The number of thiol groups is 1. The standard InChI is InChI=1S/C4H10.CH3NS2.H2Se/c1-3-4-2;2-1(3)4;/h3-4H2,1-2H3;(H3,2,3,4);1H2. The molecule has 2 N–H and O–H groups in total. The molecule has 0 saturated carbocycles.